The molecule has 1 aliphatic rings. The van der Waals surface area contributed by atoms with Crippen LogP contribution in [-0.2, 0) is 22.4 Å². The Labute approximate surface area is 177 Å². The molecule has 0 aliphatic carbocycles. The summed E-state index contributed by atoms with van der Waals surface area (Å²) in [5, 5.41) is 13.3. The van der Waals surface area contributed by atoms with Gasteiger partial charge in [-0.25, -0.2) is 9.59 Å². The van der Waals surface area contributed by atoms with Gasteiger partial charge in [-0.15, -0.1) is 0 Å². The van der Waals surface area contributed by atoms with Crippen molar-refractivity contribution in [2.24, 2.45) is 0 Å². The Morgan fingerprint density at radius 3 is 2.87 bits per heavy atom. The lowest BCUT2D eigenvalue weighted by Gasteiger charge is -2.23. The minimum atomic E-state index is -1.16. The van der Waals surface area contributed by atoms with E-state index in [1.165, 1.54) is 12.1 Å². The highest BCUT2D eigenvalue weighted by molar-refractivity contribution is 6.32. The number of aromatic amines is 1. The van der Waals surface area contributed by atoms with E-state index in [4.69, 9.17) is 16.3 Å². The summed E-state index contributed by atoms with van der Waals surface area (Å²) in [4.78, 5) is 39.8. The van der Waals surface area contributed by atoms with Crippen LogP contribution in [0.25, 0.3) is 10.9 Å². The number of carbonyl (C=O) groups excluding carboxylic acids is 2. The largest absolute Gasteiger partial charge is 0.480 e. The van der Waals surface area contributed by atoms with Crippen LogP contribution in [-0.4, -0.2) is 40.1 Å². The smallest absolute Gasteiger partial charge is 0.338 e. The molecule has 2 aromatic carbocycles. The molecule has 0 spiro atoms. The predicted octanol–water partition coefficient (Wildman–Crippen LogP) is 3.35. The fraction of sp³-hybridized carbons (Fsp3) is 0.227. The number of carbonyl (C=O) groups is 3. The SMILES string of the molecule is CC1Cc2c(Cl)cc(C(=O)N[C@@H](Cc3c[nH]c4ccccc34)C(=O)O)cc2C(=O)O1. The van der Waals surface area contributed by atoms with Crippen molar-refractivity contribution >= 4 is 40.3 Å². The lowest BCUT2D eigenvalue weighted by Crippen LogP contribution is -2.42. The Balaban J connectivity index is 1.58. The number of benzene rings is 2. The minimum absolute atomic E-state index is 0.101. The zero-order valence-electron chi connectivity index (χ0n) is 16.1. The lowest BCUT2D eigenvalue weighted by molar-refractivity contribution is -0.139. The van der Waals surface area contributed by atoms with Crippen LogP contribution in [0.3, 0.4) is 0 Å². The molecule has 3 aromatic rings. The van der Waals surface area contributed by atoms with E-state index in [1.54, 1.807) is 13.1 Å². The maximum Gasteiger partial charge on any atom is 0.338 e. The van der Waals surface area contributed by atoms with Crippen molar-refractivity contribution in [2.45, 2.75) is 31.9 Å². The number of fused-ring (bicyclic) bond motifs is 2. The second-order valence-electron chi connectivity index (χ2n) is 7.33. The molecule has 1 aliphatic heterocycles. The number of amides is 1. The number of ether oxygens (including phenoxy) is 1. The van der Waals surface area contributed by atoms with E-state index in [0.29, 0.717) is 12.0 Å². The normalized spacial score (nSPS) is 16.6. The standard InChI is InChI=1S/C22H19ClN2O5/c1-11-6-15-16(22(29)30-11)7-12(8-17(15)23)20(26)25-19(21(27)28)9-13-10-24-18-5-3-2-4-14(13)18/h2-5,7-8,10-11,19,24H,6,9H2,1H3,(H,25,26)(H,27,28)/t11?,19-/m0/s1. The van der Waals surface area contributed by atoms with E-state index >= 15 is 0 Å². The summed E-state index contributed by atoms with van der Waals surface area (Å²) in [6.45, 7) is 1.76. The molecule has 0 bridgehead atoms. The number of nitrogens with one attached hydrogen (secondary N) is 2. The zero-order chi connectivity index (χ0) is 21.4. The van der Waals surface area contributed by atoms with E-state index in [2.05, 4.69) is 10.3 Å². The number of para-hydroxylation sites is 1. The zero-order valence-corrected chi connectivity index (χ0v) is 16.8. The molecule has 154 valence electrons. The number of cyclic esters (lactones) is 1. The molecule has 0 saturated heterocycles. The number of H-pyrrole nitrogens is 1. The Morgan fingerprint density at radius 1 is 1.33 bits per heavy atom. The molecule has 8 heteroatoms. The van der Waals surface area contributed by atoms with E-state index in [1.807, 2.05) is 24.3 Å². The number of hydrogen-bond donors (Lipinski definition) is 3. The maximum absolute atomic E-state index is 12.8. The van der Waals surface area contributed by atoms with Crippen molar-refractivity contribution in [1.82, 2.24) is 10.3 Å². The number of esters is 1. The van der Waals surface area contributed by atoms with Crippen LogP contribution in [0.2, 0.25) is 5.02 Å². The summed E-state index contributed by atoms with van der Waals surface area (Å²) >= 11 is 6.29. The Morgan fingerprint density at radius 2 is 2.10 bits per heavy atom. The molecule has 3 N–H and O–H groups in total. The first kappa shape index (κ1) is 20.0. The number of carboxylic acid groups (broad SMARTS) is 1. The van der Waals surface area contributed by atoms with Gasteiger partial charge in [0.2, 0.25) is 0 Å². The minimum Gasteiger partial charge on any atom is -0.480 e. The van der Waals surface area contributed by atoms with Gasteiger partial charge >= 0.3 is 11.9 Å². The van der Waals surface area contributed by atoms with Crippen molar-refractivity contribution in [2.75, 3.05) is 0 Å². The van der Waals surface area contributed by atoms with Crippen LogP contribution in [0.1, 0.15) is 38.8 Å². The molecule has 0 radical (unpaired) electrons. The molecule has 1 unspecified atom stereocenters. The van der Waals surface area contributed by atoms with Gasteiger partial charge in [0, 0.05) is 40.5 Å². The van der Waals surface area contributed by atoms with Gasteiger partial charge < -0.3 is 20.1 Å². The van der Waals surface area contributed by atoms with Gasteiger partial charge in [0.1, 0.15) is 12.1 Å². The number of hydrogen-bond acceptors (Lipinski definition) is 4. The third-order valence-corrected chi connectivity index (χ3v) is 5.52. The van der Waals surface area contributed by atoms with Crippen molar-refractivity contribution in [1.29, 1.82) is 0 Å². The monoisotopic (exact) mass is 426 g/mol. The van der Waals surface area contributed by atoms with Crippen molar-refractivity contribution in [3.63, 3.8) is 0 Å². The molecule has 1 amide bonds. The van der Waals surface area contributed by atoms with Crippen LogP contribution in [0.15, 0.2) is 42.6 Å². The third-order valence-electron chi connectivity index (χ3n) is 5.18. The summed E-state index contributed by atoms with van der Waals surface area (Å²) in [6.07, 6.45) is 2.00. The highest BCUT2D eigenvalue weighted by atomic mass is 35.5. The van der Waals surface area contributed by atoms with Crippen LogP contribution in [0, 0.1) is 0 Å². The Bertz CT molecular complexity index is 1170. The van der Waals surface area contributed by atoms with Gasteiger partial charge in [0.15, 0.2) is 0 Å². The Kier molecular flexibility index (Phi) is 5.22. The van der Waals surface area contributed by atoms with Crippen molar-refractivity contribution in [3.8, 4) is 0 Å². The first-order valence-electron chi connectivity index (χ1n) is 9.45. The quantitative estimate of drug-likeness (QED) is 0.542. The lowest BCUT2D eigenvalue weighted by atomic mass is 9.96. The van der Waals surface area contributed by atoms with Gasteiger partial charge in [-0.1, -0.05) is 29.8 Å². The first-order valence-corrected chi connectivity index (χ1v) is 9.83. The summed E-state index contributed by atoms with van der Waals surface area (Å²) in [5.41, 5.74) is 2.63. The maximum atomic E-state index is 12.8. The van der Waals surface area contributed by atoms with Gasteiger partial charge in [0.25, 0.3) is 5.91 Å². The van der Waals surface area contributed by atoms with Crippen LogP contribution in [0.4, 0.5) is 0 Å². The average Bonchev–Trinajstić information content (AvgIpc) is 3.11. The molecular weight excluding hydrogens is 408 g/mol. The van der Waals surface area contributed by atoms with Gasteiger partial charge in [-0.3, -0.25) is 4.79 Å². The van der Waals surface area contributed by atoms with Gasteiger partial charge in [-0.2, -0.15) is 0 Å². The molecular formula is C22H19ClN2O5. The van der Waals surface area contributed by atoms with E-state index in [9.17, 15) is 19.5 Å². The van der Waals surface area contributed by atoms with E-state index in [0.717, 1.165) is 16.5 Å². The summed E-state index contributed by atoms with van der Waals surface area (Å²) < 4.78 is 5.21. The summed E-state index contributed by atoms with van der Waals surface area (Å²) in [6, 6.07) is 9.22. The highest BCUT2D eigenvalue weighted by Crippen LogP contribution is 2.29. The number of rotatable bonds is 5. The fourth-order valence-corrected chi connectivity index (χ4v) is 3.99. The molecule has 1 aromatic heterocycles. The molecule has 7 nitrogen and oxygen atoms in total. The average molecular weight is 427 g/mol. The van der Waals surface area contributed by atoms with Crippen molar-refractivity contribution < 1.29 is 24.2 Å². The second-order valence-corrected chi connectivity index (χ2v) is 7.74. The molecule has 0 fully saturated rings. The molecule has 2 atom stereocenters. The Hall–Kier alpha value is -3.32. The molecule has 2 heterocycles. The molecule has 30 heavy (non-hydrogen) atoms. The van der Waals surface area contributed by atoms with E-state index < -0.39 is 23.9 Å². The van der Waals surface area contributed by atoms with Gasteiger partial charge in [0.05, 0.1) is 5.56 Å². The number of halogens is 1. The number of carboxylic acids is 1. The molecule has 4 rings (SSSR count). The highest BCUT2D eigenvalue weighted by Gasteiger charge is 2.28. The van der Waals surface area contributed by atoms with Crippen LogP contribution in [0.5, 0.6) is 0 Å². The topological polar surface area (TPSA) is 108 Å². The first-order chi connectivity index (χ1) is 14.3. The number of aliphatic carboxylic acids is 1. The van der Waals surface area contributed by atoms with Crippen LogP contribution < -0.4 is 5.32 Å². The summed E-state index contributed by atoms with van der Waals surface area (Å²) in [5.74, 6) is -2.34. The second kappa shape index (κ2) is 7.84. The van der Waals surface area contributed by atoms with Crippen LogP contribution >= 0.6 is 11.6 Å². The van der Waals surface area contributed by atoms with Gasteiger partial charge in [-0.05, 0) is 36.2 Å². The predicted molar refractivity (Wildman–Crippen MR) is 111 cm³/mol. The van der Waals surface area contributed by atoms with Crippen molar-refractivity contribution in [3.05, 3.63) is 69.9 Å². The summed E-state index contributed by atoms with van der Waals surface area (Å²) in [7, 11) is 0. The third kappa shape index (κ3) is 3.76. The fourth-order valence-electron chi connectivity index (χ4n) is 3.69. The number of aromatic nitrogens is 1. The molecule has 0 saturated carbocycles. The van der Waals surface area contributed by atoms with E-state index in [-0.39, 0.29) is 28.7 Å².